The number of nitrogens with zero attached hydrogens (tertiary/aromatic N) is 1. The minimum atomic E-state index is -3.77. The van der Waals surface area contributed by atoms with Gasteiger partial charge in [0.15, 0.2) is 0 Å². The highest BCUT2D eigenvalue weighted by Crippen LogP contribution is 2.22. The number of carbonyl (C=O) groups excluding carboxylic acids is 1. The highest BCUT2D eigenvalue weighted by molar-refractivity contribution is 7.89. The van der Waals surface area contributed by atoms with Crippen LogP contribution in [0.4, 0.5) is 10.1 Å². The van der Waals surface area contributed by atoms with Crippen molar-refractivity contribution in [3.63, 3.8) is 0 Å². The molecule has 0 atom stereocenters. The minimum absolute atomic E-state index is 0.179. The van der Waals surface area contributed by atoms with Crippen LogP contribution in [0.3, 0.4) is 0 Å². The molecule has 0 aliphatic rings. The summed E-state index contributed by atoms with van der Waals surface area (Å²) in [6.45, 7) is 2.86. The van der Waals surface area contributed by atoms with Crippen LogP contribution in [0.25, 0.3) is 10.9 Å². The van der Waals surface area contributed by atoms with Gasteiger partial charge in [-0.3, -0.25) is 4.79 Å². The van der Waals surface area contributed by atoms with Gasteiger partial charge in [0.05, 0.1) is 10.5 Å². The van der Waals surface area contributed by atoms with E-state index in [1.165, 1.54) is 7.05 Å². The average molecular weight is 375 g/mol. The SMILES string of the molecule is CCn1ccc2cc(NC(=O)c3cc(S(=O)(=O)NC)ccc3F)ccc21. The molecular formula is C18H18FN3O3S. The molecule has 6 nitrogen and oxygen atoms in total. The summed E-state index contributed by atoms with van der Waals surface area (Å²) in [5.74, 6) is -1.51. The number of rotatable bonds is 5. The Morgan fingerprint density at radius 2 is 1.92 bits per heavy atom. The van der Waals surface area contributed by atoms with Crippen LogP contribution in [-0.2, 0) is 16.6 Å². The van der Waals surface area contributed by atoms with Gasteiger partial charge >= 0.3 is 0 Å². The fourth-order valence-electron chi connectivity index (χ4n) is 2.72. The lowest BCUT2D eigenvalue weighted by Gasteiger charge is -2.09. The molecule has 0 saturated carbocycles. The van der Waals surface area contributed by atoms with E-state index in [-0.39, 0.29) is 10.5 Å². The van der Waals surface area contributed by atoms with Crippen molar-refractivity contribution in [3.8, 4) is 0 Å². The van der Waals surface area contributed by atoms with Gasteiger partial charge in [0, 0.05) is 29.3 Å². The van der Waals surface area contributed by atoms with Crippen molar-refractivity contribution in [1.29, 1.82) is 0 Å². The van der Waals surface area contributed by atoms with Crippen molar-refractivity contribution in [1.82, 2.24) is 9.29 Å². The summed E-state index contributed by atoms with van der Waals surface area (Å²) in [7, 11) is -2.53. The number of amides is 1. The number of hydrogen-bond acceptors (Lipinski definition) is 3. The Morgan fingerprint density at radius 3 is 2.62 bits per heavy atom. The normalized spacial score (nSPS) is 11.7. The molecule has 0 aliphatic heterocycles. The minimum Gasteiger partial charge on any atom is -0.348 e. The van der Waals surface area contributed by atoms with Gasteiger partial charge in [0.1, 0.15) is 5.82 Å². The van der Waals surface area contributed by atoms with E-state index in [1.54, 1.807) is 12.1 Å². The lowest BCUT2D eigenvalue weighted by atomic mass is 10.2. The molecule has 0 bridgehead atoms. The summed E-state index contributed by atoms with van der Waals surface area (Å²) in [5.41, 5.74) is 1.18. The Kier molecular flexibility index (Phi) is 4.80. The molecule has 26 heavy (non-hydrogen) atoms. The molecule has 8 heteroatoms. The van der Waals surface area contributed by atoms with Gasteiger partial charge in [-0.2, -0.15) is 0 Å². The average Bonchev–Trinajstić information content (AvgIpc) is 3.04. The van der Waals surface area contributed by atoms with Crippen molar-refractivity contribution in [2.45, 2.75) is 18.4 Å². The summed E-state index contributed by atoms with van der Waals surface area (Å²) in [4.78, 5) is 12.2. The van der Waals surface area contributed by atoms with Crippen molar-refractivity contribution in [3.05, 3.63) is 60.0 Å². The number of hydrogen-bond donors (Lipinski definition) is 2. The molecule has 0 unspecified atom stereocenters. The number of fused-ring (bicyclic) bond motifs is 1. The summed E-state index contributed by atoms with van der Waals surface area (Å²) >= 11 is 0. The molecule has 2 N–H and O–H groups in total. The van der Waals surface area contributed by atoms with Gasteiger partial charge in [0.25, 0.3) is 5.91 Å². The third-order valence-electron chi connectivity index (χ3n) is 4.13. The molecular weight excluding hydrogens is 357 g/mol. The number of nitrogens with one attached hydrogen (secondary N) is 2. The fraction of sp³-hybridized carbons (Fsp3) is 0.167. The highest BCUT2D eigenvalue weighted by atomic mass is 32.2. The van der Waals surface area contributed by atoms with Crippen molar-refractivity contribution < 1.29 is 17.6 Å². The van der Waals surface area contributed by atoms with Gasteiger partial charge in [-0.1, -0.05) is 0 Å². The van der Waals surface area contributed by atoms with Crippen LogP contribution < -0.4 is 10.0 Å². The molecule has 0 saturated heterocycles. The van der Waals surface area contributed by atoms with Crippen LogP contribution in [0.15, 0.2) is 53.6 Å². The Balaban J connectivity index is 1.91. The standard InChI is InChI=1S/C18H18FN3O3S/c1-3-22-9-8-12-10-13(4-7-17(12)22)21-18(23)15-11-14(5-6-16(15)19)26(24,25)20-2/h4-11,20H,3H2,1-2H3,(H,21,23). The van der Waals surface area contributed by atoms with E-state index in [2.05, 4.69) is 14.6 Å². The molecule has 0 aliphatic carbocycles. The van der Waals surface area contributed by atoms with Crippen molar-refractivity contribution >= 4 is 32.5 Å². The third-order valence-corrected chi connectivity index (χ3v) is 5.54. The lowest BCUT2D eigenvalue weighted by molar-refractivity contribution is 0.102. The molecule has 3 rings (SSSR count). The molecule has 2 aromatic carbocycles. The summed E-state index contributed by atoms with van der Waals surface area (Å²) in [5, 5.41) is 3.55. The predicted octanol–water partition coefficient (Wildman–Crippen LogP) is 2.96. The monoisotopic (exact) mass is 375 g/mol. The Hall–Kier alpha value is -2.71. The second-order valence-electron chi connectivity index (χ2n) is 5.68. The molecule has 0 spiro atoms. The Labute approximate surface area is 150 Å². The number of anilines is 1. The van der Waals surface area contributed by atoms with Crippen LogP contribution in [0, 0.1) is 5.82 Å². The number of carbonyl (C=O) groups is 1. The van der Waals surface area contributed by atoms with Gasteiger partial charge in [-0.05, 0) is 56.4 Å². The van der Waals surface area contributed by atoms with Gasteiger partial charge in [-0.15, -0.1) is 0 Å². The number of aromatic nitrogens is 1. The van der Waals surface area contributed by atoms with Crippen LogP contribution in [0.2, 0.25) is 0 Å². The smallest absolute Gasteiger partial charge is 0.258 e. The fourth-order valence-corrected chi connectivity index (χ4v) is 3.47. The second-order valence-corrected chi connectivity index (χ2v) is 7.57. The van der Waals surface area contributed by atoms with Crippen LogP contribution in [0.1, 0.15) is 17.3 Å². The number of aryl methyl sites for hydroxylation is 1. The van der Waals surface area contributed by atoms with E-state index in [9.17, 15) is 17.6 Å². The molecule has 1 heterocycles. The first kappa shape index (κ1) is 18.1. The van der Waals surface area contributed by atoms with Crippen molar-refractivity contribution in [2.24, 2.45) is 0 Å². The van der Waals surface area contributed by atoms with Gasteiger partial charge in [0.2, 0.25) is 10.0 Å². The quantitative estimate of drug-likeness (QED) is 0.719. The van der Waals surface area contributed by atoms with E-state index in [0.29, 0.717) is 5.69 Å². The topological polar surface area (TPSA) is 80.2 Å². The van der Waals surface area contributed by atoms with Gasteiger partial charge in [-0.25, -0.2) is 17.5 Å². The molecule has 3 aromatic rings. The Bertz CT molecular complexity index is 1090. The summed E-state index contributed by atoms with van der Waals surface area (Å²) < 4.78 is 41.9. The largest absolute Gasteiger partial charge is 0.348 e. The lowest BCUT2D eigenvalue weighted by Crippen LogP contribution is -2.20. The number of sulfonamides is 1. The zero-order valence-corrected chi connectivity index (χ0v) is 15.1. The second kappa shape index (κ2) is 6.89. The van der Waals surface area contributed by atoms with Crippen LogP contribution >= 0.6 is 0 Å². The third kappa shape index (κ3) is 3.33. The first-order valence-corrected chi connectivity index (χ1v) is 9.47. The van der Waals surface area contributed by atoms with E-state index >= 15 is 0 Å². The molecule has 1 amide bonds. The maximum atomic E-state index is 14.0. The number of benzene rings is 2. The molecule has 1 aromatic heterocycles. The maximum Gasteiger partial charge on any atom is 0.258 e. The zero-order chi connectivity index (χ0) is 18.9. The molecule has 0 radical (unpaired) electrons. The zero-order valence-electron chi connectivity index (χ0n) is 14.3. The first-order chi connectivity index (χ1) is 12.4. The van der Waals surface area contributed by atoms with E-state index < -0.39 is 21.7 Å². The predicted molar refractivity (Wildman–Crippen MR) is 98.2 cm³/mol. The number of halogens is 1. The van der Waals surface area contributed by atoms with E-state index in [1.807, 2.05) is 25.3 Å². The van der Waals surface area contributed by atoms with E-state index in [4.69, 9.17) is 0 Å². The molecule has 136 valence electrons. The van der Waals surface area contributed by atoms with E-state index in [0.717, 1.165) is 35.6 Å². The maximum absolute atomic E-state index is 14.0. The summed E-state index contributed by atoms with van der Waals surface area (Å²) in [6, 6.07) is 10.4. The van der Waals surface area contributed by atoms with Crippen LogP contribution in [0.5, 0.6) is 0 Å². The summed E-state index contributed by atoms with van der Waals surface area (Å²) in [6.07, 6.45) is 1.95. The van der Waals surface area contributed by atoms with Crippen molar-refractivity contribution in [2.75, 3.05) is 12.4 Å². The molecule has 0 fully saturated rings. The Morgan fingerprint density at radius 1 is 1.15 bits per heavy atom. The van der Waals surface area contributed by atoms with Crippen LogP contribution in [-0.4, -0.2) is 25.9 Å². The highest BCUT2D eigenvalue weighted by Gasteiger charge is 2.18. The van der Waals surface area contributed by atoms with Gasteiger partial charge < -0.3 is 9.88 Å². The first-order valence-electron chi connectivity index (χ1n) is 7.99.